The number of rotatable bonds is 4. The van der Waals surface area contributed by atoms with Gasteiger partial charge in [-0.3, -0.25) is 20.4 Å². The second-order valence-electron chi connectivity index (χ2n) is 5.63. The number of hydrogen-bond donors (Lipinski definition) is 2. The third-order valence-corrected chi connectivity index (χ3v) is 4.15. The molecule has 2 N–H and O–H groups in total. The van der Waals surface area contributed by atoms with Crippen molar-refractivity contribution in [2.75, 3.05) is 0 Å². The lowest BCUT2D eigenvalue weighted by molar-refractivity contribution is -0.121. The van der Waals surface area contributed by atoms with E-state index in [1.165, 1.54) is 5.56 Å². The molecule has 1 aromatic heterocycles. The molecule has 2 aromatic carbocycles. The highest BCUT2D eigenvalue weighted by atomic mass is 35.5. The number of halogens is 1. The van der Waals surface area contributed by atoms with Crippen molar-refractivity contribution in [1.29, 1.82) is 0 Å². The van der Waals surface area contributed by atoms with Gasteiger partial charge in [-0.15, -0.1) is 0 Å². The molecule has 128 valence electrons. The molecule has 0 aliphatic heterocycles. The van der Waals surface area contributed by atoms with E-state index in [1.54, 1.807) is 30.5 Å². The van der Waals surface area contributed by atoms with Crippen LogP contribution in [-0.4, -0.2) is 11.8 Å². The SMILES string of the molecule is CCc1ccc2c(CC(=O)NNC(=O)c3ccc(Cl)cc3)coc2c1. The van der Waals surface area contributed by atoms with Gasteiger partial charge in [0, 0.05) is 21.5 Å². The Kier molecular flexibility index (Phi) is 5.05. The van der Waals surface area contributed by atoms with Crippen molar-refractivity contribution in [2.24, 2.45) is 0 Å². The molecule has 6 heteroatoms. The van der Waals surface area contributed by atoms with E-state index in [2.05, 4.69) is 17.8 Å². The van der Waals surface area contributed by atoms with Crippen LogP contribution in [0.3, 0.4) is 0 Å². The molecular formula is C19H17ClN2O3. The summed E-state index contributed by atoms with van der Waals surface area (Å²) in [6.07, 6.45) is 2.60. The number of aryl methyl sites for hydroxylation is 1. The quantitative estimate of drug-likeness (QED) is 0.701. The second-order valence-corrected chi connectivity index (χ2v) is 6.07. The third-order valence-electron chi connectivity index (χ3n) is 3.90. The molecule has 0 spiro atoms. The number of amides is 2. The van der Waals surface area contributed by atoms with Gasteiger partial charge in [0.25, 0.3) is 5.91 Å². The van der Waals surface area contributed by atoms with Crippen LogP contribution in [0.15, 0.2) is 53.1 Å². The minimum absolute atomic E-state index is 0.110. The standard InChI is InChI=1S/C19H17ClN2O3/c1-2-12-3-8-16-14(11-25-17(16)9-12)10-18(23)21-22-19(24)13-4-6-15(20)7-5-13/h3-9,11H,2,10H2,1H3,(H,21,23)(H,22,24). The molecule has 0 radical (unpaired) electrons. The zero-order chi connectivity index (χ0) is 17.8. The Balaban J connectivity index is 1.61. The van der Waals surface area contributed by atoms with Gasteiger partial charge in [0.15, 0.2) is 0 Å². The van der Waals surface area contributed by atoms with Crippen molar-refractivity contribution in [1.82, 2.24) is 10.9 Å². The molecule has 0 bridgehead atoms. The molecule has 0 aliphatic carbocycles. The summed E-state index contributed by atoms with van der Waals surface area (Å²) in [4.78, 5) is 24.0. The molecule has 0 atom stereocenters. The van der Waals surface area contributed by atoms with E-state index in [0.717, 1.165) is 23.0 Å². The molecule has 25 heavy (non-hydrogen) atoms. The maximum Gasteiger partial charge on any atom is 0.269 e. The number of hydrogen-bond acceptors (Lipinski definition) is 3. The van der Waals surface area contributed by atoms with Crippen molar-refractivity contribution >= 4 is 34.4 Å². The smallest absolute Gasteiger partial charge is 0.269 e. The van der Waals surface area contributed by atoms with Crippen LogP contribution in [0.5, 0.6) is 0 Å². The Bertz CT molecular complexity index is 916. The first kappa shape index (κ1) is 17.0. The van der Waals surface area contributed by atoms with Crippen LogP contribution in [-0.2, 0) is 17.6 Å². The van der Waals surface area contributed by atoms with E-state index >= 15 is 0 Å². The van der Waals surface area contributed by atoms with Crippen molar-refractivity contribution in [3.63, 3.8) is 0 Å². The lowest BCUT2D eigenvalue weighted by Gasteiger charge is -2.07. The van der Waals surface area contributed by atoms with Gasteiger partial charge in [0.2, 0.25) is 5.91 Å². The number of fused-ring (bicyclic) bond motifs is 1. The molecule has 0 aliphatic rings. The fourth-order valence-electron chi connectivity index (χ4n) is 2.50. The van der Waals surface area contributed by atoms with Crippen LogP contribution in [0, 0.1) is 0 Å². The van der Waals surface area contributed by atoms with Gasteiger partial charge >= 0.3 is 0 Å². The highest BCUT2D eigenvalue weighted by Crippen LogP contribution is 2.23. The maximum absolute atomic E-state index is 12.1. The minimum atomic E-state index is -0.408. The normalized spacial score (nSPS) is 10.6. The Labute approximate surface area is 149 Å². The number of benzene rings is 2. The summed E-state index contributed by atoms with van der Waals surface area (Å²) >= 11 is 5.78. The first-order valence-electron chi connectivity index (χ1n) is 7.90. The number of hydrazine groups is 1. The molecule has 0 saturated carbocycles. The predicted molar refractivity (Wildman–Crippen MR) is 96.4 cm³/mol. The van der Waals surface area contributed by atoms with Gasteiger partial charge in [-0.1, -0.05) is 30.7 Å². The summed E-state index contributed by atoms with van der Waals surface area (Å²) in [5.41, 5.74) is 7.91. The average Bonchev–Trinajstić information content (AvgIpc) is 3.02. The summed E-state index contributed by atoms with van der Waals surface area (Å²) < 4.78 is 5.52. The molecule has 2 amide bonds. The minimum Gasteiger partial charge on any atom is -0.464 e. The van der Waals surface area contributed by atoms with Crippen LogP contribution in [0.2, 0.25) is 5.02 Å². The van der Waals surface area contributed by atoms with Crippen LogP contribution >= 0.6 is 11.6 Å². The first-order chi connectivity index (χ1) is 12.1. The Morgan fingerprint density at radius 1 is 1.08 bits per heavy atom. The van der Waals surface area contributed by atoms with Crippen LogP contribution in [0.25, 0.3) is 11.0 Å². The molecule has 1 heterocycles. The second kappa shape index (κ2) is 7.40. The summed E-state index contributed by atoms with van der Waals surface area (Å²) in [6, 6.07) is 12.3. The molecular weight excluding hydrogens is 340 g/mol. The van der Waals surface area contributed by atoms with E-state index in [0.29, 0.717) is 10.6 Å². The van der Waals surface area contributed by atoms with Gasteiger partial charge in [-0.25, -0.2) is 0 Å². The summed E-state index contributed by atoms with van der Waals surface area (Å²) in [7, 11) is 0. The fourth-order valence-corrected chi connectivity index (χ4v) is 2.63. The third kappa shape index (κ3) is 4.00. The van der Waals surface area contributed by atoms with E-state index in [1.807, 2.05) is 18.2 Å². The van der Waals surface area contributed by atoms with Crippen molar-refractivity contribution in [2.45, 2.75) is 19.8 Å². The Morgan fingerprint density at radius 3 is 2.56 bits per heavy atom. The molecule has 3 aromatic rings. The zero-order valence-corrected chi connectivity index (χ0v) is 14.4. The van der Waals surface area contributed by atoms with Crippen LogP contribution < -0.4 is 10.9 Å². The molecule has 0 saturated heterocycles. The number of furan rings is 1. The van der Waals surface area contributed by atoms with Crippen LogP contribution in [0.1, 0.15) is 28.4 Å². The number of carbonyl (C=O) groups is 2. The largest absolute Gasteiger partial charge is 0.464 e. The van der Waals surface area contributed by atoms with E-state index in [4.69, 9.17) is 16.0 Å². The topological polar surface area (TPSA) is 71.3 Å². The molecule has 5 nitrogen and oxygen atoms in total. The van der Waals surface area contributed by atoms with Crippen LogP contribution in [0.4, 0.5) is 0 Å². The van der Waals surface area contributed by atoms with Gasteiger partial charge in [0.1, 0.15) is 5.58 Å². The summed E-state index contributed by atoms with van der Waals surface area (Å²) in [5.74, 6) is -0.737. The van der Waals surface area contributed by atoms with Gasteiger partial charge in [-0.2, -0.15) is 0 Å². The highest BCUT2D eigenvalue weighted by molar-refractivity contribution is 6.30. The Hall–Kier alpha value is -2.79. The highest BCUT2D eigenvalue weighted by Gasteiger charge is 2.12. The van der Waals surface area contributed by atoms with Gasteiger partial charge < -0.3 is 4.42 Å². The number of nitrogens with one attached hydrogen (secondary N) is 2. The van der Waals surface area contributed by atoms with E-state index in [9.17, 15) is 9.59 Å². The Morgan fingerprint density at radius 2 is 1.84 bits per heavy atom. The zero-order valence-electron chi connectivity index (χ0n) is 13.6. The van der Waals surface area contributed by atoms with Crippen molar-refractivity contribution in [3.05, 3.63) is 70.4 Å². The maximum atomic E-state index is 12.1. The average molecular weight is 357 g/mol. The molecule has 0 unspecified atom stereocenters. The lowest BCUT2D eigenvalue weighted by Crippen LogP contribution is -2.42. The van der Waals surface area contributed by atoms with E-state index in [-0.39, 0.29) is 12.3 Å². The lowest BCUT2D eigenvalue weighted by atomic mass is 10.1. The van der Waals surface area contributed by atoms with Crippen molar-refractivity contribution < 1.29 is 14.0 Å². The first-order valence-corrected chi connectivity index (χ1v) is 8.28. The molecule has 3 rings (SSSR count). The predicted octanol–water partition coefficient (Wildman–Crippen LogP) is 3.65. The van der Waals surface area contributed by atoms with Gasteiger partial charge in [0.05, 0.1) is 12.7 Å². The molecule has 0 fully saturated rings. The summed E-state index contributed by atoms with van der Waals surface area (Å²) in [5, 5.41) is 1.44. The van der Waals surface area contributed by atoms with E-state index < -0.39 is 5.91 Å². The van der Waals surface area contributed by atoms with Crippen molar-refractivity contribution in [3.8, 4) is 0 Å². The monoisotopic (exact) mass is 356 g/mol. The number of carbonyl (C=O) groups excluding carboxylic acids is 2. The van der Waals surface area contributed by atoms with Gasteiger partial charge in [-0.05, 0) is 42.3 Å². The summed E-state index contributed by atoms with van der Waals surface area (Å²) in [6.45, 7) is 2.07. The fraction of sp³-hybridized carbons (Fsp3) is 0.158.